The molecule has 3 amide bonds. The van der Waals surface area contributed by atoms with Crippen LogP contribution in [-0.2, 0) is 17.9 Å². The summed E-state index contributed by atoms with van der Waals surface area (Å²) in [6.45, 7) is 2.12. The molecule has 0 fully saturated rings. The standard InChI is InChI=1S/C24H19ClN5O3/c1-15-4-6-16(7-5-15)12-30-23(32)19-3-2-10-26-22(19)29(24(30)33)14-18-11-21(31)28-13-17(25)8-9-20(28)27-18/h2-11,13,19H,12,14H2,1H3/q+1. The lowest BCUT2D eigenvalue weighted by molar-refractivity contribution is -0.459. The van der Waals surface area contributed by atoms with E-state index in [1.807, 2.05) is 31.2 Å². The smallest absolute Gasteiger partial charge is 0.269 e. The molecule has 0 radical (unpaired) electrons. The molecule has 0 N–H and O–H groups in total. The molecule has 3 aromatic rings. The van der Waals surface area contributed by atoms with Crippen molar-refractivity contribution in [3.05, 3.63) is 93.0 Å². The zero-order valence-corrected chi connectivity index (χ0v) is 18.4. The van der Waals surface area contributed by atoms with Gasteiger partial charge in [0.15, 0.2) is 5.92 Å². The van der Waals surface area contributed by atoms with E-state index in [0.29, 0.717) is 22.2 Å². The Kier molecular flexibility index (Phi) is 5.22. The molecule has 5 rings (SSSR count). The Hall–Kier alpha value is -3.91. The van der Waals surface area contributed by atoms with Gasteiger partial charge in [0.2, 0.25) is 0 Å². The first-order valence-corrected chi connectivity index (χ1v) is 10.7. The normalized spacial score (nSPS) is 17.8. The molecule has 4 heterocycles. The average Bonchev–Trinajstić information content (AvgIpc) is 2.81. The molecule has 164 valence electrons. The number of dihydropyridines is 1. The predicted octanol–water partition coefficient (Wildman–Crippen LogP) is 2.99. The molecular weight excluding hydrogens is 442 g/mol. The maximum absolute atomic E-state index is 13.4. The Morgan fingerprint density at radius 2 is 1.88 bits per heavy atom. The number of urea groups is 1. The fourth-order valence-corrected chi connectivity index (χ4v) is 4.08. The van der Waals surface area contributed by atoms with Crippen LogP contribution in [0.15, 0.2) is 70.6 Å². The van der Waals surface area contributed by atoms with Crippen molar-refractivity contribution in [3.63, 3.8) is 0 Å². The molecule has 2 aromatic heterocycles. The first-order chi connectivity index (χ1) is 15.9. The molecule has 8 nitrogen and oxygen atoms in total. The zero-order valence-electron chi connectivity index (χ0n) is 17.7. The molecule has 0 aliphatic carbocycles. The summed E-state index contributed by atoms with van der Waals surface area (Å²) in [6, 6.07) is 11.8. The molecule has 9 heteroatoms. The summed E-state index contributed by atoms with van der Waals surface area (Å²) in [5, 5.41) is 0.414. The van der Waals surface area contributed by atoms with Crippen LogP contribution in [0.2, 0.25) is 5.02 Å². The second kappa shape index (κ2) is 8.22. The van der Waals surface area contributed by atoms with Crippen molar-refractivity contribution in [1.29, 1.82) is 0 Å². The van der Waals surface area contributed by atoms with E-state index in [1.54, 1.807) is 30.5 Å². The van der Waals surface area contributed by atoms with E-state index >= 15 is 0 Å². The number of imide groups is 1. The Morgan fingerprint density at radius 1 is 1.09 bits per heavy atom. The summed E-state index contributed by atoms with van der Waals surface area (Å²) in [5.41, 5.74) is 2.41. The second-order valence-corrected chi connectivity index (χ2v) is 8.38. The highest BCUT2D eigenvalue weighted by Crippen LogP contribution is 2.22. The number of rotatable bonds is 4. The number of hydrogen-bond acceptors (Lipinski definition) is 5. The number of aromatic nitrogens is 2. The third kappa shape index (κ3) is 3.89. The van der Waals surface area contributed by atoms with Crippen LogP contribution in [0.1, 0.15) is 16.8 Å². The maximum Gasteiger partial charge on any atom is 0.446 e. The summed E-state index contributed by atoms with van der Waals surface area (Å²) >= 11 is 5.98. The van der Waals surface area contributed by atoms with E-state index in [0.717, 1.165) is 11.1 Å². The van der Waals surface area contributed by atoms with Crippen molar-refractivity contribution in [2.45, 2.75) is 20.0 Å². The van der Waals surface area contributed by atoms with Crippen LogP contribution in [0, 0.1) is 12.8 Å². The highest BCUT2D eigenvalue weighted by atomic mass is 35.5. The molecule has 2 aliphatic rings. The Labute approximate surface area is 193 Å². The van der Waals surface area contributed by atoms with Crippen molar-refractivity contribution >= 4 is 41.2 Å². The number of allylic oxidation sites excluding steroid dienone is 1. The molecule has 1 unspecified atom stereocenters. The summed E-state index contributed by atoms with van der Waals surface area (Å²) in [4.78, 5) is 49.2. The number of pyridine rings is 1. The molecule has 1 aromatic carbocycles. The highest BCUT2D eigenvalue weighted by Gasteiger charge is 2.46. The van der Waals surface area contributed by atoms with E-state index < -0.39 is 11.9 Å². The number of benzene rings is 1. The fourth-order valence-electron chi connectivity index (χ4n) is 3.92. The molecule has 0 bridgehead atoms. The number of hydrogen-bond donors (Lipinski definition) is 0. The number of carbonyl (C=O) groups excluding carboxylic acids is 2. The Bertz CT molecular complexity index is 1450. The quantitative estimate of drug-likeness (QED) is 0.560. The minimum atomic E-state index is -0.682. The molecule has 1 atom stereocenters. The lowest BCUT2D eigenvalue weighted by Crippen LogP contribution is -2.53. The van der Waals surface area contributed by atoms with Crippen molar-refractivity contribution < 1.29 is 14.2 Å². The van der Waals surface area contributed by atoms with Crippen LogP contribution in [0.25, 0.3) is 5.65 Å². The number of aryl methyl sites for hydroxylation is 1. The SMILES string of the molecule is Cc1ccc(CN2C(=O)C3C=CC=NC3=[N+](Cc3cc(=O)n4cc(Cl)ccc4n3)C2=O)cc1. The number of amides is 3. The van der Waals surface area contributed by atoms with Gasteiger partial charge < -0.3 is 0 Å². The van der Waals surface area contributed by atoms with Gasteiger partial charge in [0.25, 0.3) is 11.4 Å². The Balaban J connectivity index is 1.54. The molecule has 0 saturated heterocycles. The number of amidine groups is 1. The van der Waals surface area contributed by atoms with Crippen molar-refractivity contribution in [3.8, 4) is 0 Å². The molecule has 0 spiro atoms. The Morgan fingerprint density at radius 3 is 2.67 bits per heavy atom. The van der Waals surface area contributed by atoms with Crippen LogP contribution < -0.4 is 5.56 Å². The van der Waals surface area contributed by atoms with Crippen molar-refractivity contribution in [2.75, 3.05) is 0 Å². The van der Waals surface area contributed by atoms with Gasteiger partial charge in [-0.15, -0.1) is 4.99 Å². The molecular formula is C24H19ClN5O3+. The van der Waals surface area contributed by atoms with Gasteiger partial charge in [-0.05, 0) is 30.7 Å². The zero-order chi connectivity index (χ0) is 23.1. The van der Waals surface area contributed by atoms with Gasteiger partial charge >= 0.3 is 11.9 Å². The van der Waals surface area contributed by atoms with Crippen LogP contribution in [-0.4, -0.2) is 42.8 Å². The van der Waals surface area contributed by atoms with E-state index in [-0.39, 0.29) is 24.6 Å². The third-order valence-electron chi connectivity index (χ3n) is 5.60. The maximum atomic E-state index is 13.4. The largest absolute Gasteiger partial charge is 0.446 e. The summed E-state index contributed by atoms with van der Waals surface area (Å²) in [5.74, 6) is -0.689. The minimum absolute atomic E-state index is 0.00188. The van der Waals surface area contributed by atoms with Gasteiger partial charge in [0.1, 0.15) is 25.0 Å². The second-order valence-electron chi connectivity index (χ2n) is 7.94. The van der Waals surface area contributed by atoms with Gasteiger partial charge in [0, 0.05) is 12.3 Å². The summed E-state index contributed by atoms with van der Waals surface area (Å²) < 4.78 is 2.75. The van der Waals surface area contributed by atoms with Crippen LogP contribution in [0.3, 0.4) is 0 Å². The lowest BCUT2D eigenvalue weighted by atomic mass is 10.0. The number of halogens is 1. The van der Waals surface area contributed by atoms with E-state index in [9.17, 15) is 14.4 Å². The van der Waals surface area contributed by atoms with Crippen molar-refractivity contribution in [1.82, 2.24) is 14.3 Å². The minimum Gasteiger partial charge on any atom is -0.269 e. The van der Waals surface area contributed by atoms with Gasteiger partial charge in [-0.25, -0.2) is 9.78 Å². The van der Waals surface area contributed by atoms with E-state index in [2.05, 4.69) is 9.98 Å². The van der Waals surface area contributed by atoms with Crippen LogP contribution in [0.4, 0.5) is 4.79 Å². The summed E-state index contributed by atoms with van der Waals surface area (Å²) in [6.07, 6.45) is 6.44. The number of nitrogens with zero attached hydrogens (tertiary/aromatic N) is 5. The molecule has 33 heavy (non-hydrogen) atoms. The topological polar surface area (TPSA) is 87.1 Å². The van der Waals surface area contributed by atoms with Gasteiger partial charge in [-0.1, -0.05) is 47.5 Å². The van der Waals surface area contributed by atoms with Crippen LogP contribution in [0.5, 0.6) is 0 Å². The van der Waals surface area contributed by atoms with E-state index in [1.165, 1.54) is 26.1 Å². The van der Waals surface area contributed by atoms with Gasteiger partial charge in [0.05, 0.1) is 10.7 Å². The molecule has 0 saturated carbocycles. The third-order valence-corrected chi connectivity index (χ3v) is 5.83. The van der Waals surface area contributed by atoms with E-state index in [4.69, 9.17) is 11.6 Å². The number of carbonyl (C=O) groups is 2. The average molecular weight is 461 g/mol. The van der Waals surface area contributed by atoms with Crippen molar-refractivity contribution in [2.24, 2.45) is 10.9 Å². The molecule has 2 aliphatic heterocycles. The number of aliphatic imine (C=N–C) groups is 1. The first kappa shape index (κ1) is 21.0. The fraction of sp³-hybridized carbons (Fsp3) is 0.167. The van der Waals surface area contributed by atoms with Crippen LogP contribution >= 0.6 is 11.6 Å². The predicted molar refractivity (Wildman–Crippen MR) is 124 cm³/mol. The lowest BCUT2D eigenvalue weighted by Gasteiger charge is -2.27. The number of fused-ring (bicyclic) bond motifs is 2. The van der Waals surface area contributed by atoms with Gasteiger partial charge in [-0.2, -0.15) is 9.48 Å². The first-order valence-electron chi connectivity index (χ1n) is 10.3. The monoisotopic (exact) mass is 460 g/mol. The highest BCUT2D eigenvalue weighted by molar-refractivity contribution is 6.30. The summed E-state index contributed by atoms with van der Waals surface area (Å²) in [7, 11) is 0. The van der Waals surface area contributed by atoms with Gasteiger partial charge in [-0.3, -0.25) is 14.0 Å².